The Morgan fingerprint density at radius 2 is 2.05 bits per heavy atom. The van der Waals surface area contributed by atoms with Crippen LogP contribution in [0.4, 0.5) is 0 Å². The Kier molecular flexibility index (Phi) is 4.31. The molecule has 112 valence electrons. The number of aromatic nitrogens is 4. The van der Waals surface area contributed by atoms with Crippen molar-refractivity contribution >= 4 is 11.8 Å². The Labute approximate surface area is 125 Å². The van der Waals surface area contributed by atoms with Gasteiger partial charge in [-0.05, 0) is 61.4 Å². The highest BCUT2D eigenvalue weighted by Gasteiger charge is 2.34. The van der Waals surface area contributed by atoms with Crippen molar-refractivity contribution < 1.29 is 0 Å². The summed E-state index contributed by atoms with van der Waals surface area (Å²) in [5.74, 6) is 1.61. The highest BCUT2D eigenvalue weighted by Crippen LogP contribution is 2.41. The minimum Gasteiger partial charge on any atom is -0.316 e. The summed E-state index contributed by atoms with van der Waals surface area (Å²) in [7, 11) is 2.08. The molecule has 5 nitrogen and oxygen atoms in total. The molecule has 20 heavy (non-hydrogen) atoms. The zero-order chi connectivity index (χ0) is 14.1. The molecular weight excluding hydrogens is 270 g/mol. The van der Waals surface area contributed by atoms with Crippen molar-refractivity contribution in [1.29, 1.82) is 0 Å². The first-order chi connectivity index (χ1) is 9.69. The van der Waals surface area contributed by atoms with Crippen LogP contribution in [0.5, 0.6) is 0 Å². The van der Waals surface area contributed by atoms with Crippen molar-refractivity contribution in [2.45, 2.75) is 68.4 Å². The van der Waals surface area contributed by atoms with Crippen LogP contribution < -0.4 is 5.32 Å². The molecule has 3 unspecified atom stereocenters. The second-order valence-corrected chi connectivity index (χ2v) is 7.71. The summed E-state index contributed by atoms with van der Waals surface area (Å²) < 4.78 is 2.04. The number of thioether (sulfide) groups is 1. The van der Waals surface area contributed by atoms with Crippen LogP contribution in [0.15, 0.2) is 5.16 Å². The van der Waals surface area contributed by atoms with Crippen LogP contribution >= 0.6 is 11.8 Å². The van der Waals surface area contributed by atoms with E-state index >= 15 is 0 Å². The lowest BCUT2D eigenvalue weighted by Gasteiger charge is -2.37. The number of rotatable bonds is 5. The molecule has 2 aliphatic carbocycles. The van der Waals surface area contributed by atoms with Gasteiger partial charge < -0.3 is 5.32 Å². The molecule has 6 heteroatoms. The first-order valence-electron chi connectivity index (χ1n) is 7.80. The third kappa shape index (κ3) is 3.01. The summed E-state index contributed by atoms with van der Waals surface area (Å²) in [6.07, 6.45) is 6.34. The molecule has 0 saturated heterocycles. The van der Waals surface area contributed by atoms with Gasteiger partial charge in [0.15, 0.2) is 0 Å². The Bertz CT molecular complexity index is 443. The van der Waals surface area contributed by atoms with E-state index in [1.54, 1.807) is 0 Å². The molecule has 0 radical (unpaired) electrons. The van der Waals surface area contributed by atoms with Crippen molar-refractivity contribution in [3.8, 4) is 0 Å². The fraction of sp³-hybridized carbons (Fsp3) is 0.929. The molecule has 0 spiro atoms. The summed E-state index contributed by atoms with van der Waals surface area (Å²) in [6.45, 7) is 4.70. The lowest BCUT2D eigenvalue weighted by atomic mass is 9.79. The van der Waals surface area contributed by atoms with Crippen molar-refractivity contribution in [2.24, 2.45) is 11.8 Å². The highest BCUT2D eigenvalue weighted by atomic mass is 32.2. The van der Waals surface area contributed by atoms with Crippen LogP contribution in [0, 0.1) is 11.8 Å². The third-order valence-corrected chi connectivity index (χ3v) is 6.06. The van der Waals surface area contributed by atoms with Crippen molar-refractivity contribution in [2.75, 3.05) is 7.05 Å². The lowest BCUT2D eigenvalue weighted by Crippen LogP contribution is -2.41. The van der Waals surface area contributed by atoms with Gasteiger partial charge in [0, 0.05) is 11.3 Å². The minimum absolute atomic E-state index is 0.560. The molecule has 2 aliphatic rings. The Morgan fingerprint density at radius 3 is 2.70 bits per heavy atom. The normalized spacial score (nSPS) is 30.9. The zero-order valence-electron chi connectivity index (χ0n) is 12.6. The Hall–Kier alpha value is -0.620. The zero-order valence-corrected chi connectivity index (χ0v) is 13.4. The SMILES string of the molecule is CNC1CCC(C(C)C)CC1Sc1nnnn1C1CC1. The van der Waals surface area contributed by atoms with Crippen LogP contribution in [-0.4, -0.2) is 38.5 Å². The molecule has 1 aromatic heterocycles. The molecule has 0 amide bonds. The van der Waals surface area contributed by atoms with Crippen molar-refractivity contribution in [1.82, 2.24) is 25.5 Å². The second-order valence-electron chi connectivity index (χ2n) is 6.51. The fourth-order valence-corrected chi connectivity index (χ4v) is 4.60. The number of tetrazole rings is 1. The van der Waals surface area contributed by atoms with Crippen molar-refractivity contribution in [3.05, 3.63) is 0 Å². The molecule has 2 fully saturated rings. The van der Waals surface area contributed by atoms with E-state index in [1.807, 2.05) is 16.4 Å². The number of hydrogen-bond donors (Lipinski definition) is 1. The summed E-state index contributed by atoms with van der Waals surface area (Å²) in [4.78, 5) is 0. The average Bonchev–Trinajstić information content (AvgIpc) is 3.19. The molecule has 0 aromatic carbocycles. The topological polar surface area (TPSA) is 55.6 Å². The predicted molar refractivity (Wildman–Crippen MR) is 80.8 cm³/mol. The smallest absolute Gasteiger partial charge is 0.209 e. The molecule has 2 saturated carbocycles. The monoisotopic (exact) mass is 295 g/mol. The number of nitrogens with one attached hydrogen (secondary N) is 1. The minimum atomic E-state index is 0.560. The van der Waals surface area contributed by atoms with E-state index in [0.717, 1.165) is 17.0 Å². The van der Waals surface area contributed by atoms with E-state index in [0.29, 0.717) is 17.3 Å². The number of hydrogen-bond acceptors (Lipinski definition) is 5. The molecular formula is C14H25N5S. The number of nitrogens with zero attached hydrogens (tertiary/aromatic N) is 4. The van der Waals surface area contributed by atoms with E-state index < -0.39 is 0 Å². The van der Waals surface area contributed by atoms with Crippen LogP contribution in [0.3, 0.4) is 0 Å². The quantitative estimate of drug-likeness (QED) is 0.904. The first kappa shape index (κ1) is 14.3. The van der Waals surface area contributed by atoms with Crippen molar-refractivity contribution in [3.63, 3.8) is 0 Å². The molecule has 3 rings (SSSR count). The summed E-state index contributed by atoms with van der Waals surface area (Å²) >= 11 is 1.88. The predicted octanol–water partition coefficient (Wildman–Crippen LogP) is 2.51. The maximum atomic E-state index is 4.25. The van der Waals surface area contributed by atoms with Gasteiger partial charge in [0.05, 0.1) is 6.04 Å². The van der Waals surface area contributed by atoms with E-state index in [-0.39, 0.29) is 0 Å². The van der Waals surface area contributed by atoms with Gasteiger partial charge >= 0.3 is 0 Å². The summed E-state index contributed by atoms with van der Waals surface area (Å²) in [5.41, 5.74) is 0. The van der Waals surface area contributed by atoms with Gasteiger partial charge in [0.1, 0.15) is 0 Å². The summed E-state index contributed by atoms with van der Waals surface area (Å²) in [6, 6.07) is 1.14. The Balaban J connectivity index is 1.70. The second kappa shape index (κ2) is 6.02. The highest BCUT2D eigenvalue weighted by molar-refractivity contribution is 7.99. The molecule has 1 N–H and O–H groups in total. The van der Waals surface area contributed by atoms with Crippen LogP contribution in [0.2, 0.25) is 0 Å². The molecule has 0 aliphatic heterocycles. The maximum Gasteiger partial charge on any atom is 0.209 e. The lowest BCUT2D eigenvalue weighted by molar-refractivity contribution is 0.251. The van der Waals surface area contributed by atoms with Crippen LogP contribution in [-0.2, 0) is 0 Å². The average molecular weight is 295 g/mol. The summed E-state index contributed by atoms with van der Waals surface area (Å²) in [5, 5.41) is 17.4. The largest absolute Gasteiger partial charge is 0.316 e. The van der Waals surface area contributed by atoms with Gasteiger partial charge in [0.2, 0.25) is 5.16 Å². The Morgan fingerprint density at radius 1 is 1.25 bits per heavy atom. The van der Waals surface area contributed by atoms with E-state index in [4.69, 9.17) is 0 Å². The molecule has 1 heterocycles. The van der Waals surface area contributed by atoms with E-state index in [9.17, 15) is 0 Å². The van der Waals surface area contributed by atoms with Gasteiger partial charge in [-0.1, -0.05) is 25.6 Å². The van der Waals surface area contributed by atoms with Gasteiger partial charge in [0.25, 0.3) is 0 Å². The van der Waals surface area contributed by atoms with Gasteiger partial charge in [-0.2, -0.15) is 0 Å². The van der Waals surface area contributed by atoms with Gasteiger partial charge in [-0.15, -0.1) is 5.10 Å². The standard InChI is InChI=1S/C14H25N5S/c1-9(2)10-4-7-12(15-3)13(8-10)20-14-16-17-18-19(14)11-5-6-11/h9-13,15H,4-8H2,1-3H3. The van der Waals surface area contributed by atoms with Crippen LogP contribution in [0.1, 0.15) is 52.0 Å². The van der Waals surface area contributed by atoms with Gasteiger partial charge in [-0.3, -0.25) is 0 Å². The van der Waals surface area contributed by atoms with E-state index in [1.165, 1.54) is 32.1 Å². The fourth-order valence-electron chi connectivity index (χ4n) is 3.17. The first-order valence-corrected chi connectivity index (χ1v) is 8.68. The molecule has 0 bridgehead atoms. The van der Waals surface area contributed by atoms with E-state index in [2.05, 4.69) is 41.7 Å². The third-order valence-electron chi connectivity index (χ3n) is 4.76. The molecule has 3 atom stereocenters. The van der Waals surface area contributed by atoms with Gasteiger partial charge in [-0.25, -0.2) is 4.68 Å². The maximum absolute atomic E-state index is 4.25. The molecule has 1 aromatic rings. The van der Waals surface area contributed by atoms with Crippen LogP contribution in [0.25, 0.3) is 0 Å².